The van der Waals surface area contributed by atoms with Crippen molar-refractivity contribution >= 4 is 17.2 Å². The molecule has 0 aliphatic rings. The van der Waals surface area contributed by atoms with E-state index in [0.29, 0.717) is 0 Å². The highest BCUT2D eigenvalue weighted by molar-refractivity contribution is 5.95. The fourth-order valence-electron chi connectivity index (χ4n) is 2.05. The molecule has 2 aromatic carbocycles. The predicted molar refractivity (Wildman–Crippen MR) is 83.0 cm³/mol. The molecule has 0 amide bonds. The number of benzene rings is 2. The van der Waals surface area contributed by atoms with Crippen molar-refractivity contribution in [1.82, 2.24) is 0 Å². The van der Waals surface area contributed by atoms with Crippen LogP contribution in [0, 0.1) is 10.1 Å². The van der Waals surface area contributed by atoms with E-state index >= 15 is 0 Å². The van der Waals surface area contributed by atoms with E-state index in [1.54, 1.807) is 12.1 Å². The van der Waals surface area contributed by atoms with Gasteiger partial charge in [0.1, 0.15) is 5.69 Å². The normalized spacial score (nSPS) is 11.7. The van der Waals surface area contributed by atoms with Gasteiger partial charge in [-0.2, -0.15) is 0 Å². The molecule has 0 aliphatic carbocycles. The van der Waals surface area contributed by atoms with Gasteiger partial charge >= 0.3 is 0 Å². The van der Waals surface area contributed by atoms with E-state index < -0.39 is 11.0 Å². The number of Topliss-reactive ketones (excluding diaryl/α,β-unsaturated/α-hetero) is 1. The van der Waals surface area contributed by atoms with Crippen LogP contribution in [0.3, 0.4) is 0 Å². The molecule has 2 aromatic rings. The summed E-state index contributed by atoms with van der Waals surface area (Å²) in [4.78, 5) is 21.9. The molecule has 0 heterocycles. The first-order chi connectivity index (χ1) is 10.5. The van der Waals surface area contributed by atoms with Gasteiger partial charge in [-0.05, 0) is 24.6 Å². The largest absolute Gasteiger partial charge is 0.387 e. The molecule has 0 radical (unpaired) electrons. The Bertz CT molecular complexity index is 686. The number of nitro groups is 1. The average molecular weight is 300 g/mol. The molecule has 0 bridgehead atoms. The number of aliphatic hydroxyl groups is 1. The lowest BCUT2D eigenvalue weighted by atomic mass is 10.1. The summed E-state index contributed by atoms with van der Waals surface area (Å²) < 4.78 is 0. The summed E-state index contributed by atoms with van der Waals surface area (Å²) in [5.41, 5.74) is 1.08. The van der Waals surface area contributed by atoms with Crippen LogP contribution in [0.1, 0.15) is 28.9 Å². The van der Waals surface area contributed by atoms with E-state index in [-0.39, 0.29) is 29.3 Å². The van der Waals surface area contributed by atoms with Gasteiger partial charge in [-0.15, -0.1) is 0 Å². The summed E-state index contributed by atoms with van der Waals surface area (Å²) in [6.07, 6.45) is -0.784. The van der Waals surface area contributed by atoms with Crippen LogP contribution in [0.4, 0.5) is 11.4 Å². The van der Waals surface area contributed by atoms with Crippen molar-refractivity contribution in [3.8, 4) is 0 Å². The molecule has 0 aromatic heterocycles. The minimum absolute atomic E-state index is 0.129. The number of nitro benzene ring substituents is 1. The summed E-state index contributed by atoms with van der Waals surface area (Å²) in [5.74, 6) is -0.237. The van der Waals surface area contributed by atoms with Gasteiger partial charge in [0.25, 0.3) is 5.69 Å². The molecule has 22 heavy (non-hydrogen) atoms. The molecule has 6 heteroatoms. The Morgan fingerprint density at radius 2 is 1.95 bits per heavy atom. The van der Waals surface area contributed by atoms with Gasteiger partial charge in [0.2, 0.25) is 0 Å². The Morgan fingerprint density at radius 3 is 2.55 bits per heavy atom. The number of nitrogens with zero attached hydrogens (tertiary/aromatic N) is 1. The second kappa shape index (κ2) is 6.82. The van der Waals surface area contributed by atoms with Crippen molar-refractivity contribution in [2.45, 2.75) is 13.0 Å². The highest BCUT2D eigenvalue weighted by Gasteiger charge is 2.17. The first-order valence-corrected chi connectivity index (χ1v) is 6.75. The average Bonchev–Trinajstić information content (AvgIpc) is 2.53. The molecule has 0 unspecified atom stereocenters. The van der Waals surface area contributed by atoms with E-state index in [0.717, 1.165) is 5.56 Å². The summed E-state index contributed by atoms with van der Waals surface area (Å²) in [6, 6.07) is 13.2. The molecule has 0 spiro atoms. The van der Waals surface area contributed by atoms with Crippen LogP contribution >= 0.6 is 0 Å². The van der Waals surface area contributed by atoms with Crippen molar-refractivity contribution in [1.29, 1.82) is 0 Å². The Labute approximate surface area is 127 Å². The second-order valence-corrected chi connectivity index (χ2v) is 4.85. The van der Waals surface area contributed by atoms with Crippen LogP contribution in [-0.4, -0.2) is 22.4 Å². The number of aliphatic hydroxyl groups excluding tert-OH is 1. The highest BCUT2D eigenvalue weighted by Crippen LogP contribution is 2.26. The Kier molecular flexibility index (Phi) is 4.85. The van der Waals surface area contributed by atoms with Crippen molar-refractivity contribution in [2.75, 3.05) is 11.9 Å². The predicted octanol–water partition coefficient (Wildman–Crippen LogP) is 2.94. The van der Waals surface area contributed by atoms with Crippen molar-refractivity contribution in [2.24, 2.45) is 0 Å². The van der Waals surface area contributed by atoms with Gasteiger partial charge in [0.15, 0.2) is 5.78 Å². The standard InChI is InChI=1S/C16H16N2O4/c1-11(19)13-7-8-14(15(9-13)18(21)22)17-10-16(20)12-5-3-2-4-6-12/h2-9,16-17,20H,10H2,1H3/t16-/m1/s1. The zero-order valence-corrected chi connectivity index (χ0v) is 12.0. The van der Waals surface area contributed by atoms with Crippen LogP contribution in [0.15, 0.2) is 48.5 Å². The number of nitrogens with one attached hydrogen (secondary N) is 1. The van der Waals surface area contributed by atoms with Crippen LogP contribution < -0.4 is 5.32 Å². The van der Waals surface area contributed by atoms with Crippen molar-refractivity contribution in [3.05, 3.63) is 69.8 Å². The molecule has 1 atom stereocenters. The smallest absolute Gasteiger partial charge is 0.293 e. The van der Waals surface area contributed by atoms with E-state index in [4.69, 9.17) is 0 Å². The number of anilines is 1. The molecule has 2 rings (SSSR count). The first-order valence-electron chi connectivity index (χ1n) is 6.75. The molecule has 2 N–H and O–H groups in total. The number of carbonyl (C=O) groups excluding carboxylic acids is 1. The second-order valence-electron chi connectivity index (χ2n) is 4.85. The third-order valence-corrected chi connectivity index (χ3v) is 3.27. The fourth-order valence-corrected chi connectivity index (χ4v) is 2.05. The molecule has 0 fully saturated rings. The molecule has 0 aliphatic heterocycles. The minimum Gasteiger partial charge on any atom is -0.387 e. The Hall–Kier alpha value is -2.73. The Morgan fingerprint density at radius 1 is 1.27 bits per heavy atom. The van der Waals surface area contributed by atoms with Gasteiger partial charge in [-0.1, -0.05) is 30.3 Å². The maximum absolute atomic E-state index is 11.3. The summed E-state index contributed by atoms with van der Waals surface area (Å²) in [7, 11) is 0. The monoisotopic (exact) mass is 300 g/mol. The lowest BCUT2D eigenvalue weighted by Crippen LogP contribution is -2.13. The van der Waals surface area contributed by atoms with E-state index in [1.165, 1.54) is 25.1 Å². The third kappa shape index (κ3) is 3.67. The zero-order chi connectivity index (χ0) is 16.1. The zero-order valence-electron chi connectivity index (χ0n) is 12.0. The van der Waals surface area contributed by atoms with Gasteiger partial charge < -0.3 is 10.4 Å². The van der Waals surface area contributed by atoms with Crippen molar-refractivity contribution < 1.29 is 14.8 Å². The third-order valence-electron chi connectivity index (χ3n) is 3.27. The summed E-state index contributed by atoms with van der Waals surface area (Å²) in [6.45, 7) is 1.48. The number of rotatable bonds is 6. The quantitative estimate of drug-likeness (QED) is 0.486. The minimum atomic E-state index is -0.784. The van der Waals surface area contributed by atoms with Gasteiger partial charge in [-0.25, -0.2) is 0 Å². The molecular formula is C16H16N2O4. The molecule has 114 valence electrons. The maximum atomic E-state index is 11.3. The lowest BCUT2D eigenvalue weighted by molar-refractivity contribution is -0.384. The van der Waals surface area contributed by atoms with Crippen molar-refractivity contribution in [3.63, 3.8) is 0 Å². The highest BCUT2D eigenvalue weighted by atomic mass is 16.6. The Balaban J connectivity index is 2.15. The summed E-state index contributed by atoms with van der Waals surface area (Å²) in [5, 5.41) is 24.0. The number of ketones is 1. The van der Waals surface area contributed by atoms with E-state index in [1.807, 2.05) is 18.2 Å². The van der Waals surface area contributed by atoms with Gasteiger partial charge in [0.05, 0.1) is 11.0 Å². The van der Waals surface area contributed by atoms with Crippen LogP contribution in [0.25, 0.3) is 0 Å². The number of carbonyl (C=O) groups is 1. The first kappa shape index (κ1) is 15.7. The van der Waals surface area contributed by atoms with Gasteiger partial charge in [-0.3, -0.25) is 14.9 Å². The summed E-state index contributed by atoms with van der Waals surface area (Å²) >= 11 is 0. The van der Waals surface area contributed by atoms with Crippen LogP contribution in [0.2, 0.25) is 0 Å². The molecule has 0 saturated carbocycles. The van der Waals surface area contributed by atoms with Crippen LogP contribution in [0.5, 0.6) is 0 Å². The molecular weight excluding hydrogens is 284 g/mol. The molecule has 0 saturated heterocycles. The topological polar surface area (TPSA) is 92.5 Å². The SMILES string of the molecule is CC(=O)c1ccc(NC[C@@H](O)c2ccccc2)c([N+](=O)[O-])c1. The number of hydrogen-bond acceptors (Lipinski definition) is 5. The maximum Gasteiger partial charge on any atom is 0.293 e. The van der Waals surface area contributed by atoms with Crippen LogP contribution in [-0.2, 0) is 0 Å². The van der Waals surface area contributed by atoms with Gasteiger partial charge in [0, 0.05) is 18.2 Å². The fraction of sp³-hybridized carbons (Fsp3) is 0.188. The van der Waals surface area contributed by atoms with E-state index in [9.17, 15) is 20.0 Å². The van der Waals surface area contributed by atoms with E-state index in [2.05, 4.69) is 5.32 Å². The number of hydrogen-bond donors (Lipinski definition) is 2. The molecule has 6 nitrogen and oxygen atoms in total. The lowest BCUT2D eigenvalue weighted by Gasteiger charge is -2.13.